The van der Waals surface area contributed by atoms with Gasteiger partial charge in [-0.2, -0.15) is 5.10 Å². The highest BCUT2D eigenvalue weighted by molar-refractivity contribution is 5.86. The summed E-state index contributed by atoms with van der Waals surface area (Å²) in [6.07, 6.45) is 14.5. The van der Waals surface area contributed by atoms with Crippen LogP contribution in [0.25, 0.3) is 21.8 Å². The molecule has 4 aromatic rings. The van der Waals surface area contributed by atoms with Crippen LogP contribution < -0.4 is 5.01 Å². The highest BCUT2D eigenvalue weighted by Crippen LogP contribution is 2.25. The third-order valence-electron chi connectivity index (χ3n) is 6.91. The Morgan fingerprint density at radius 1 is 0.694 bits per heavy atom. The Bertz CT molecular complexity index is 1290. The van der Waals surface area contributed by atoms with Crippen molar-refractivity contribution >= 4 is 33.8 Å². The predicted molar refractivity (Wildman–Crippen MR) is 155 cm³/mol. The smallest absolute Gasteiger partial charge is 0.149 e. The Morgan fingerprint density at radius 2 is 1.39 bits per heavy atom. The molecule has 0 saturated carbocycles. The zero-order chi connectivity index (χ0) is 25.2. The van der Waals surface area contributed by atoms with Crippen molar-refractivity contribution in [2.45, 2.75) is 78.1 Å². The molecule has 0 aliphatic rings. The number of unbranched alkanes of at least 4 members (excludes halogenated alkanes) is 6. The van der Waals surface area contributed by atoms with Gasteiger partial charge in [0.05, 0.1) is 22.9 Å². The van der Waals surface area contributed by atoms with Crippen LogP contribution in [0.4, 0.5) is 5.82 Å². The lowest BCUT2D eigenvalue weighted by Gasteiger charge is -2.15. The summed E-state index contributed by atoms with van der Waals surface area (Å²) in [7, 11) is 1.94. The Hall–Kier alpha value is -3.27. The minimum atomic E-state index is 0.836. The number of fused-ring (bicyclic) bond motifs is 2. The molecule has 0 unspecified atom stereocenters. The number of benzene rings is 2. The molecule has 0 amide bonds. The van der Waals surface area contributed by atoms with Crippen molar-refractivity contribution in [2.75, 3.05) is 12.1 Å². The van der Waals surface area contributed by atoms with E-state index in [4.69, 9.17) is 9.97 Å². The molecule has 0 aliphatic heterocycles. The number of rotatable bonds is 13. The van der Waals surface area contributed by atoms with Gasteiger partial charge in [0.1, 0.15) is 5.82 Å². The van der Waals surface area contributed by atoms with Crippen molar-refractivity contribution in [3.63, 3.8) is 0 Å². The summed E-state index contributed by atoms with van der Waals surface area (Å²) in [5.74, 6) is 0.840. The molecule has 2 aromatic heterocycles. The topological polar surface area (TPSA) is 41.4 Å². The Kier molecular flexibility index (Phi) is 9.43. The van der Waals surface area contributed by atoms with Crippen molar-refractivity contribution in [1.29, 1.82) is 0 Å². The van der Waals surface area contributed by atoms with Gasteiger partial charge in [-0.3, -0.25) is 5.01 Å². The Balaban J connectivity index is 1.53. The summed E-state index contributed by atoms with van der Waals surface area (Å²) in [6, 6.07) is 21.2. The first-order valence-corrected chi connectivity index (χ1v) is 13.7. The molecular formula is C32H40N4. The van der Waals surface area contributed by atoms with Crippen LogP contribution in [0.5, 0.6) is 0 Å². The van der Waals surface area contributed by atoms with E-state index in [-0.39, 0.29) is 0 Å². The number of hydrogen-bond acceptors (Lipinski definition) is 4. The predicted octanol–water partition coefficient (Wildman–Crippen LogP) is 8.50. The lowest BCUT2D eigenvalue weighted by molar-refractivity contribution is 0.651. The highest BCUT2D eigenvalue weighted by atomic mass is 15.5. The number of aromatic nitrogens is 2. The first-order chi connectivity index (χ1) is 17.7. The minimum Gasteiger partial charge on any atom is -0.251 e. The number of aryl methyl sites for hydroxylation is 2. The maximum Gasteiger partial charge on any atom is 0.149 e. The van der Waals surface area contributed by atoms with E-state index >= 15 is 0 Å². The first-order valence-electron chi connectivity index (χ1n) is 13.7. The van der Waals surface area contributed by atoms with Crippen LogP contribution in [0.2, 0.25) is 0 Å². The van der Waals surface area contributed by atoms with E-state index in [1.807, 2.05) is 36.3 Å². The van der Waals surface area contributed by atoms with E-state index in [1.54, 1.807) is 6.21 Å². The maximum absolute atomic E-state index is 4.99. The fourth-order valence-corrected chi connectivity index (χ4v) is 4.74. The molecule has 0 atom stereocenters. The molecule has 0 radical (unpaired) electrons. The van der Waals surface area contributed by atoms with E-state index in [9.17, 15) is 0 Å². The molecular weight excluding hydrogens is 440 g/mol. The SMILES string of the molecule is CCCCCCc1cc2ccc(N(C)/N=C/c3ccc4ccccc4n3)nc2cc1CCCCCC. The molecule has 4 nitrogen and oxygen atoms in total. The third kappa shape index (κ3) is 6.90. The number of hydrogen-bond donors (Lipinski definition) is 0. The molecule has 4 rings (SSSR count). The van der Waals surface area contributed by atoms with Crippen LogP contribution in [-0.2, 0) is 12.8 Å². The molecule has 36 heavy (non-hydrogen) atoms. The molecule has 0 spiro atoms. The molecule has 0 fully saturated rings. The van der Waals surface area contributed by atoms with E-state index < -0.39 is 0 Å². The van der Waals surface area contributed by atoms with Gasteiger partial charge in [-0.1, -0.05) is 76.6 Å². The second-order valence-corrected chi connectivity index (χ2v) is 9.80. The average Bonchev–Trinajstić information content (AvgIpc) is 2.91. The Labute approximate surface area is 216 Å². The molecule has 0 aliphatic carbocycles. The summed E-state index contributed by atoms with van der Waals surface area (Å²) in [4.78, 5) is 9.68. The fraction of sp³-hybridized carbons (Fsp3) is 0.406. The largest absolute Gasteiger partial charge is 0.251 e. The van der Waals surface area contributed by atoms with E-state index in [0.29, 0.717) is 0 Å². The van der Waals surface area contributed by atoms with Gasteiger partial charge in [0.15, 0.2) is 0 Å². The van der Waals surface area contributed by atoms with Gasteiger partial charge < -0.3 is 0 Å². The molecule has 0 saturated heterocycles. The lowest BCUT2D eigenvalue weighted by Crippen LogP contribution is -2.11. The van der Waals surface area contributed by atoms with E-state index in [0.717, 1.165) is 34.4 Å². The number of nitrogens with zero attached hydrogens (tertiary/aromatic N) is 4. The van der Waals surface area contributed by atoms with Crippen LogP contribution in [0.1, 0.15) is 82.0 Å². The molecule has 2 heterocycles. The third-order valence-corrected chi connectivity index (χ3v) is 6.91. The molecule has 2 aromatic carbocycles. The summed E-state index contributed by atoms with van der Waals surface area (Å²) in [5, 5.41) is 8.81. The van der Waals surface area contributed by atoms with Gasteiger partial charge in [0, 0.05) is 17.8 Å². The molecule has 0 bridgehead atoms. The van der Waals surface area contributed by atoms with Gasteiger partial charge in [-0.25, -0.2) is 9.97 Å². The van der Waals surface area contributed by atoms with Crippen LogP contribution >= 0.6 is 0 Å². The minimum absolute atomic E-state index is 0.836. The van der Waals surface area contributed by atoms with Crippen molar-refractivity contribution in [3.05, 3.63) is 77.5 Å². The number of para-hydroxylation sites is 1. The summed E-state index contributed by atoms with van der Waals surface area (Å²) >= 11 is 0. The van der Waals surface area contributed by atoms with E-state index in [2.05, 4.69) is 55.3 Å². The zero-order valence-electron chi connectivity index (χ0n) is 22.2. The Morgan fingerprint density at radius 3 is 2.14 bits per heavy atom. The molecule has 188 valence electrons. The zero-order valence-corrected chi connectivity index (χ0v) is 22.2. The monoisotopic (exact) mass is 480 g/mol. The lowest BCUT2D eigenvalue weighted by atomic mass is 9.94. The fourth-order valence-electron chi connectivity index (χ4n) is 4.74. The van der Waals surface area contributed by atoms with Gasteiger partial charge in [0.25, 0.3) is 0 Å². The summed E-state index contributed by atoms with van der Waals surface area (Å²) in [6.45, 7) is 4.55. The second kappa shape index (κ2) is 13.2. The van der Waals surface area contributed by atoms with Crippen molar-refractivity contribution in [3.8, 4) is 0 Å². The normalized spacial score (nSPS) is 11.6. The van der Waals surface area contributed by atoms with Crippen LogP contribution in [-0.4, -0.2) is 23.2 Å². The van der Waals surface area contributed by atoms with Crippen LogP contribution in [0.15, 0.2) is 65.8 Å². The van der Waals surface area contributed by atoms with Gasteiger partial charge >= 0.3 is 0 Å². The molecule has 4 heteroatoms. The summed E-state index contributed by atoms with van der Waals surface area (Å²) < 4.78 is 0. The summed E-state index contributed by atoms with van der Waals surface area (Å²) in [5.41, 5.74) is 5.86. The average molecular weight is 481 g/mol. The second-order valence-electron chi connectivity index (χ2n) is 9.80. The van der Waals surface area contributed by atoms with E-state index in [1.165, 1.54) is 74.3 Å². The standard InChI is InChI=1S/C32H40N4/c1-4-6-8-10-15-26-22-28-19-21-32(35-31(28)23-27(26)16-11-9-7-5-2)36(3)33-24-29-20-18-25-14-12-13-17-30(25)34-29/h12-14,17-24H,4-11,15-16H2,1-3H3/b33-24+. The quantitative estimate of drug-likeness (QED) is 0.109. The number of anilines is 1. The van der Waals surface area contributed by atoms with Crippen molar-refractivity contribution in [2.24, 2.45) is 5.10 Å². The van der Waals surface area contributed by atoms with Crippen LogP contribution in [0, 0.1) is 0 Å². The van der Waals surface area contributed by atoms with Gasteiger partial charge in [-0.15, -0.1) is 0 Å². The van der Waals surface area contributed by atoms with Crippen molar-refractivity contribution < 1.29 is 0 Å². The van der Waals surface area contributed by atoms with Gasteiger partial charge in [0.2, 0.25) is 0 Å². The van der Waals surface area contributed by atoms with Crippen LogP contribution in [0.3, 0.4) is 0 Å². The number of hydrazone groups is 1. The maximum atomic E-state index is 4.99. The number of pyridine rings is 2. The molecule has 0 N–H and O–H groups in total. The van der Waals surface area contributed by atoms with Gasteiger partial charge in [-0.05, 0) is 73.2 Å². The highest BCUT2D eigenvalue weighted by Gasteiger charge is 2.09. The first kappa shape index (κ1) is 25.8. The van der Waals surface area contributed by atoms with Crippen molar-refractivity contribution in [1.82, 2.24) is 9.97 Å².